The molecule has 3 aliphatic rings. The molecular weight excluding hydrogens is 492 g/mol. The molecule has 38 heavy (non-hydrogen) atoms. The number of hydrogen-bond acceptors (Lipinski definition) is 9. The number of fused-ring (bicyclic) bond motifs is 3. The average molecular weight is 521 g/mol. The predicted molar refractivity (Wildman–Crippen MR) is 135 cm³/mol. The van der Waals surface area contributed by atoms with Crippen LogP contribution in [0.3, 0.4) is 0 Å². The Balaban J connectivity index is 1.77. The predicted octanol–water partition coefficient (Wildman–Crippen LogP) is 1.32. The quantitative estimate of drug-likeness (QED) is 0.325. The molecule has 3 aliphatic carbocycles. The second kappa shape index (κ2) is 8.52. The first kappa shape index (κ1) is 25.7. The van der Waals surface area contributed by atoms with Crippen LogP contribution >= 0.6 is 0 Å². The number of amides is 1. The van der Waals surface area contributed by atoms with Gasteiger partial charge in [-0.25, -0.2) is 0 Å². The second-order valence-electron chi connectivity index (χ2n) is 10.4. The smallest absolute Gasteiger partial charge is 0.255 e. The summed E-state index contributed by atoms with van der Waals surface area (Å²) >= 11 is 0. The maximum Gasteiger partial charge on any atom is 0.255 e. The summed E-state index contributed by atoms with van der Waals surface area (Å²) < 4.78 is 0. The van der Waals surface area contributed by atoms with Gasteiger partial charge in [-0.05, 0) is 48.8 Å². The zero-order valence-electron chi connectivity index (χ0n) is 20.9. The van der Waals surface area contributed by atoms with Crippen LogP contribution in [-0.4, -0.2) is 79.7 Å². The molecule has 10 heteroatoms. The summed E-state index contributed by atoms with van der Waals surface area (Å²) in [4.78, 5) is 40.6. The topological polar surface area (TPSA) is 182 Å². The number of aromatic hydroxyl groups is 1. The summed E-state index contributed by atoms with van der Waals surface area (Å²) in [5.74, 6) is -9.08. The highest BCUT2D eigenvalue weighted by molar-refractivity contribution is 6.25. The summed E-state index contributed by atoms with van der Waals surface area (Å²) in [6.45, 7) is 1.70. The summed E-state index contributed by atoms with van der Waals surface area (Å²) in [5.41, 5.74) is 2.76. The molecule has 0 aliphatic heterocycles. The lowest BCUT2D eigenvalue weighted by Crippen LogP contribution is -2.68. The molecular formula is C28H28N2O8. The third-order valence-electron chi connectivity index (χ3n) is 8.18. The second-order valence-corrected chi connectivity index (χ2v) is 10.4. The van der Waals surface area contributed by atoms with E-state index in [2.05, 4.69) is 0 Å². The van der Waals surface area contributed by atoms with Gasteiger partial charge < -0.3 is 31.3 Å². The molecule has 6 unspecified atom stereocenters. The van der Waals surface area contributed by atoms with Gasteiger partial charge in [0.05, 0.1) is 23.6 Å². The number of hydrogen-bond donors (Lipinski definition) is 6. The normalized spacial score (nSPS) is 30.7. The number of carbonyl (C=O) groups excluding carboxylic acids is 3. The van der Waals surface area contributed by atoms with Gasteiger partial charge in [-0.15, -0.1) is 0 Å². The molecule has 10 nitrogen and oxygen atoms in total. The number of aliphatic hydroxyl groups is 4. The number of Topliss-reactive ketones (excluding diaryl/α,β-unsaturated/α-hetero) is 2. The van der Waals surface area contributed by atoms with Crippen molar-refractivity contribution in [3.8, 4) is 16.9 Å². The molecule has 7 N–H and O–H groups in total. The molecule has 2 aromatic rings. The van der Waals surface area contributed by atoms with Crippen LogP contribution in [0.1, 0.15) is 28.8 Å². The largest absolute Gasteiger partial charge is 0.510 e. The number of phenolic OH excluding ortho intramolecular Hbond substituents is 1. The van der Waals surface area contributed by atoms with Gasteiger partial charge in [-0.2, -0.15) is 0 Å². The number of benzene rings is 2. The molecule has 1 amide bonds. The summed E-state index contributed by atoms with van der Waals surface area (Å²) in [7, 11) is 2.99. The molecule has 0 bridgehead atoms. The van der Waals surface area contributed by atoms with E-state index < -0.39 is 75.6 Å². The number of aliphatic hydroxyl groups excluding tert-OH is 3. The van der Waals surface area contributed by atoms with Crippen LogP contribution in [0.4, 0.5) is 0 Å². The van der Waals surface area contributed by atoms with Crippen LogP contribution in [0.25, 0.3) is 11.1 Å². The van der Waals surface area contributed by atoms with Crippen molar-refractivity contribution in [3.05, 3.63) is 76.3 Å². The number of nitrogens with zero attached hydrogens (tertiary/aromatic N) is 1. The fraction of sp³-hybridized carbons (Fsp3) is 0.321. The minimum Gasteiger partial charge on any atom is -0.510 e. The molecule has 0 heterocycles. The third-order valence-corrected chi connectivity index (χ3v) is 8.18. The minimum absolute atomic E-state index is 0.120. The number of carbonyl (C=O) groups is 3. The lowest BCUT2D eigenvalue weighted by Gasteiger charge is -2.53. The molecule has 0 spiro atoms. The Morgan fingerprint density at radius 2 is 1.66 bits per heavy atom. The fourth-order valence-corrected chi connectivity index (χ4v) is 6.45. The van der Waals surface area contributed by atoms with Crippen LogP contribution < -0.4 is 5.73 Å². The Hall–Kier alpha value is -3.99. The van der Waals surface area contributed by atoms with Crippen LogP contribution in [0.5, 0.6) is 5.75 Å². The van der Waals surface area contributed by atoms with Crippen molar-refractivity contribution >= 4 is 17.5 Å². The van der Waals surface area contributed by atoms with Gasteiger partial charge in [-0.1, -0.05) is 37.3 Å². The van der Waals surface area contributed by atoms with E-state index in [1.165, 1.54) is 25.1 Å². The lowest BCUT2D eigenvalue weighted by atomic mass is 9.55. The van der Waals surface area contributed by atoms with E-state index in [1.54, 1.807) is 13.0 Å². The van der Waals surface area contributed by atoms with Gasteiger partial charge in [0.25, 0.3) is 5.91 Å². The maximum absolute atomic E-state index is 13.8. The van der Waals surface area contributed by atoms with Crippen molar-refractivity contribution in [2.75, 3.05) is 14.1 Å². The van der Waals surface area contributed by atoms with Crippen molar-refractivity contribution in [2.45, 2.75) is 30.6 Å². The maximum atomic E-state index is 13.8. The number of likely N-dealkylation sites (N-methyl/N-ethyl adjacent to an activating group) is 1. The van der Waals surface area contributed by atoms with E-state index in [-0.39, 0.29) is 11.3 Å². The van der Waals surface area contributed by atoms with Crippen molar-refractivity contribution in [2.24, 2.45) is 17.6 Å². The first-order valence-electron chi connectivity index (χ1n) is 12.1. The SMILES string of the molecule is CC1c2cc(-c3ccccc3)cc(O)c2C(=O)C2=C(O)C3(O)C(=O)C(C(N)=O)=C(O)C(N(C)C)C3C(O)C21. The van der Waals surface area contributed by atoms with Gasteiger partial charge in [-0.3, -0.25) is 19.3 Å². The fourth-order valence-electron chi connectivity index (χ4n) is 6.45. The third kappa shape index (κ3) is 3.20. The first-order valence-corrected chi connectivity index (χ1v) is 12.1. The van der Waals surface area contributed by atoms with Gasteiger partial charge in [0, 0.05) is 11.5 Å². The standard InChI is InChI=1S/C28H28N2O8/c1-11-14-9-13(12-7-5-4-6-8-12)10-15(31)17(14)22(32)18-16(11)23(33)20-21(30(2)3)24(34)19(27(29)37)26(36)28(20,38)25(18)35/h4-11,16,20-21,23,31,33-35,38H,1-3H3,(H2,29,37). The Bertz CT molecular complexity index is 1460. The minimum atomic E-state index is -2.93. The van der Waals surface area contributed by atoms with E-state index in [1.807, 2.05) is 30.3 Å². The van der Waals surface area contributed by atoms with E-state index >= 15 is 0 Å². The van der Waals surface area contributed by atoms with Crippen molar-refractivity contribution in [3.63, 3.8) is 0 Å². The van der Waals surface area contributed by atoms with E-state index in [4.69, 9.17) is 5.73 Å². The van der Waals surface area contributed by atoms with Crippen LogP contribution in [-0.2, 0) is 9.59 Å². The van der Waals surface area contributed by atoms with Crippen molar-refractivity contribution in [1.82, 2.24) is 4.90 Å². The summed E-state index contributed by atoms with van der Waals surface area (Å²) in [5, 5.41) is 56.6. The van der Waals surface area contributed by atoms with Gasteiger partial charge >= 0.3 is 0 Å². The Morgan fingerprint density at radius 3 is 2.24 bits per heavy atom. The Morgan fingerprint density at radius 1 is 1.03 bits per heavy atom. The average Bonchev–Trinajstić information content (AvgIpc) is 2.86. The van der Waals surface area contributed by atoms with Crippen molar-refractivity contribution in [1.29, 1.82) is 0 Å². The van der Waals surface area contributed by atoms with Crippen LogP contribution in [0, 0.1) is 11.8 Å². The van der Waals surface area contributed by atoms with E-state index in [9.17, 15) is 39.9 Å². The van der Waals surface area contributed by atoms with Crippen LogP contribution in [0.15, 0.2) is 65.1 Å². The number of ketones is 2. The van der Waals surface area contributed by atoms with E-state index in [0.717, 1.165) is 5.56 Å². The van der Waals surface area contributed by atoms with Crippen LogP contribution in [0.2, 0.25) is 0 Å². The van der Waals surface area contributed by atoms with Gasteiger partial charge in [0.15, 0.2) is 11.4 Å². The molecule has 198 valence electrons. The number of rotatable bonds is 3. The molecule has 0 saturated carbocycles. The molecule has 2 aromatic carbocycles. The number of primary amides is 1. The highest BCUT2D eigenvalue weighted by atomic mass is 16.4. The van der Waals surface area contributed by atoms with E-state index in [0.29, 0.717) is 11.1 Å². The molecule has 0 saturated heterocycles. The first-order chi connectivity index (χ1) is 17.8. The summed E-state index contributed by atoms with van der Waals surface area (Å²) in [6, 6.07) is 11.0. The molecule has 5 rings (SSSR count). The monoisotopic (exact) mass is 520 g/mol. The zero-order chi connectivity index (χ0) is 27.8. The number of nitrogens with two attached hydrogens (primary N) is 1. The molecule has 0 aromatic heterocycles. The van der Waals surface area contributed by atoms with Gasteiger partial charge in [0.1, 0.15) is 22.8 Å². The van der Waals surface area contributed by atoms with Crippen molar-refractivity contribution < 1.29 is 39.9 Å². The lowest BCUT2D eigenvalue weighted by molar-refractivity contribution is -0.162. The highest BCUT2D eigenvalue weighted by Gasteiger charge is 2.67. The zero-order valence-corrected chi connectivity index (χ0v) is 20.9. The molecule has 0 fully saturated rings. The van der Waals surface area contributed by atoms with Gasteiger partial charge in [0.2, 0.25) is 5.78 Å². The Labute approximate surface area is 217 Å². The number of phenols is 1. The highest BCUT2D eigenvalue weighted by Crippen LogP contribution is 2.55. The molecule has 6 atom stereocenters. The molecule has 0 radical (unpaired) electrons. The Kier molecular flexibility index (Phi) is 5.75. The summed E-state index contributed by atoms with van der Waals surface area (Å²) in [6.07, 6.45) is -1.63.